The second-order valence-corrected chi connectivity index (χ2v) is 5.42. The van der Waals surface area contributed by atoms with Crippen LogP contribution in [-0.2, 0) is 0 Å². The van der Waals surface area contributed by atoms with Gasteiger partial charge in [0, 0.05) is 27.2 Å². The number of nitrogen functional groups attached to an aromatic ring is 1. The van der Waals surface area contributed by atoms with Crippen molar-refractivity contribution in [1.82, 2.24) is 4.90 Å². The fraction of sp³-hybridized carbons (Fsp3) is 0.538. The first kappa shape index (κ1) is 15.3. The number of thiophene rings is 1. The van der Waals surface area contributed by atoms with Gasteiger partial charge in [0.2, 0.25) is 0 Å². The molecule has 0 atom stereocenters. The van der Waals surface area contributed by atoms with Gasteiger partial charge in [-0.15, -0.1) is 11.3 Å². The molecule has 0 aliphatic carbocycles. The molecule has 19 heavy (non-hydrogen) atoms. The van der Waals surface area contributed by atoms with Crippen LogP contribution in [0.1, 0.15) is 35.5 Å². The molecule has 0 saturated heterocycles. The van der Waals surface area contributed by atoms with E-state index in [4.69, 9.17) is 5.73 Å². The Morgan fingerprint density at radius 1 is 1.42 bits per heavy atom. The second-order valence-electron chi connectivity index (χ2n) is 4.42. The summed E-state index contributed by atoms with van der Waals surface area (Å²) in [6.45, 7) is 5.75. The summed E-state index contributed by atoms with van der Waals surface area (Å²) in [5.41, 5.74) is 6.68. The van der Waals surface area contributed by atoms with E-state index in [0.717, 1.165) is 24.5 Å². The van der Waals surface area contributed by atoms with Crippen LogP contribution in [0.5, 0.6) is 0 Å². The Hall–Kier alpha value is -1.74. The molecule has 1 aromatic rings. The van der Waals surface area contributed by atoms with Gasteiger partial charge in [-0.3, -0.25) is 4.79 Å². The van der Waals surface area contributed by atoms with E-state index in [-0.39, 0.29) is 5.91 Å². The Labute approximate surface area is 118 Å². The zero-order chi connectivity index (χ0) is 14.6. The second kappa shape index (κ2) is 6.43. The van der Waals surface area contributed by atoms with Crippen molar-refractivity contribution in [1.29, 1.82) is 5.26 Å². The molecule has 104 valence electrons. The number of nitrogens with two attached hydrogens (primary N) is 1. The van der Waals surface area contributed by atoms with Gasteiger partial charge in [-0.25, -0.2) is 0 Å². The maximum absolute atomic E-state index is 12.0. The fourth-order valence-electron chi connectivity index (χ4n) is 1.80. The van der Waals surface area contributed by atoms with Crippen LogP contribution in [-0.4, -0.2) is 38.0 Å². The van der Waals surface area contributed by atoms with Crippen molar-refractivity contribution in [2.45, 2.75) is 20.3 Å². The zero-order valence-corrected chi connectivity index (χ0v) is 12.7. The number of carbonyl (C=O) groups is 1. The topological polar surface area (TPSA) is 73.4 Å². The predicted octanol–water partition coefficient (Wildman–Crippen LogP) is 2.14. The number of hydrogen-bond acceptors (Lipinski definition) is 5. The van der Waals surface area contributed by atoms with E-state index in [1.807, 2.05) is 6.92 Å². The van der Waals surface area contributed by atoms with Gasteiger partial charge in [-0.05, 0) is 13.3 Å². The molecule has 1 amide bonds. The normalized spacial score (nSPS) is 10.1. The molecule has 0 radical (unpaired) electrons. The number of anilines is 2. The highest BCUT2D eigenvalue weighted by Gasteiger charge is 2.24. The molecule has 0 spiro atoms. The third-order valence-electron chi connectivity index (χ3n) is 2.80. The van der Waals surface area contributed by atoms with Crippen LogP contribution in [0.4, 0.5) is 10.7 Å². The van der Waals surface area contributed by atoms with Crippen molar-refractivity contribution in [3.8, 4) is 6.07 Å². The number of nitriles is 1. The van der Waals surface area contributed by atoms with Crippen LogP contribution in [0.3, 0.4) is 0 Å². The third kappa shape index (κ3) is 2.99. The van der Waals surface area contributed by atoms with Crippen LogP contribution >= 0.6 is 11.3 Å². The van der Waals surface area contributed by atoms with E-state index in [9.17, 15) is 10.1 Å². The summed E-state index contributed by atoms with van der Waals surface area (Å²) in [6, 6.07) is 2.12. The lowest BCUT2D eigenvalue weighted by atomic mass is 10.2. The lowest BCUT2D eigenvalue weighted by molar-refractivity contribution is 0.0833. The van der Waals surface area contributed by atoms with Gasteiger partial charge in [0.1, 0.15) is 21.5 Å². The van der Waals surface area contributed by atoms with Gasteiger partial charge in [0.25, 0.3) is 5.91 Å². The minimum Gasteiger partial charge on any atom is -0.396 e. The van der Waals surface area contributed by atoms with Crippen LogP contribution in [0.15, 0.2) is 0 Å². The molecule has 5 nitrogen and oxygen atoms in total. The first-order chi connectivity index (χ1) is 8.97. The average Bonchev–Trinajstić information content (AvgIpc) is 2.71. The summed E-state index contributed by atoms with van der Waals surface area (Å²) in [7, 11) is 3.35. The average molecular weight is 280 g/mol. The Morgan fingerprint density at radius 2 is 2.05 bits per heavy atom. The molecule has 0 saturated carbocycles. The molecule has 6 heteroatoms. The highest BCUT2D eigenvalue weighted by molar-refractivity contribution is 7.19. The number of nitrogens with zero attached hydrogens (tertiary/aromatic N) is 3. The quantitative estimate of drug-likeness (QED) is 0.896. The van der Waals surface area contributed by atoms with Gasteiger partial charge in [-0.2, -0.15) is 5.26 Å². The van der Waals surface area contributed by atoms with Crippen molar-refractivity contribution in [3.63, 3.8) is 0 Å². The first-order valence-corrected chi connectivity index (χ1v) is 7.08. The zero-order valence-electron chi connectivity index (χ0n) is 11.9. The number of amides is 1. The fourth-order valence-corrected chi connectivity index (χ4v) is 3.08. The summed E-state index contributed by atoms with van der Waals surface area (Å²) in [4.78, 5) is 16.1. The summed E-state index contributed by atoms with van der Waals surface area (Å²) < 4.78 is 0. The molecule has 0 fully saturated rings. The number of rotatable bonds is 5. The van der Waals surface area contributed by atoms with Gasteiger partial charge in [0.15, 0.2) is 0 Å². The van der Waals surface area contributed by atoms with E-state index >= 15 is 0 Å². The summed E-state index contributed by atoms with van der Waals surface area (Å²) in [5, 5.41) is 10.1. The maximum Gasteiger partial charge on any atom is 0.265 e. The minimum absolute atomic E-state index is 0.155. The predicted molar refractivity (Wildman–Crippen MR) is 79.6 cm³/mol. The maximum atomic E-state index is 12.0. The number of carbonyl (C=O) groups excluding carboxylic acids is 1. The Balaban J connectivity index is 3.30. The van der Waals surface area contributed by atoms with Crippen molar-refractivity contribution < 1.29 is 4.79 Å². The molecule has 1 aromatic heterocycles. The van der Waals surface area contributed by atoms with Gasteiger partial charge in [0.05, 0.1) is 5.69 Å². The van der Waals surface area contributed by atoms with E-state index in [2.05, 4.69) is 17.9 Å². The molecule has 0 aliphatic heterocycles. The monoisotopic (exact) mass is 280 g/mol. The van der Waals surface area contributed by atoms with Crippen molar-refractivity contribution in [3.05, 3.63) is 10.4 Å². The van der Waals surface area contributed by atoms with Gasteiger partial charge >= 0.3 is 0 Å². The first-order valence-electron chi connectivity index (χ1n) is 6.26. The SMILES string of the molecule is CCCN(CC)c1sc(C(=O)N(C)C)c(N)c1C#N. The largest absolute Gasteiger partial charge is 0.396 e. The standard InChI is InChI=1S/C13H20N4OS/c1-5-7-17(6-2)13-9(8-14)10(15)11(19-13)12(18)16(3)4/h5-7,15H2,1-4H3. The van der Waals surface area contributed by atoms with Crippen LogP contribution in [0.2, 0.25) is 0 Å². The third-order valence-corrected chi connectivity index (χ3v) is 4.06. The molecule has 1 heterocycles. The molecule has 0 aromatic carbocycles. The highest BCUT2D eigenvalue weighted by atomic mass is 32.1. The van der Waals surface area contributed by atoms with E-state index in [0.29, 0.717) is 16.1 Å². The van der Waals surface area contributed by atoms with Crippen LogP contribution in [0.25, 0.3) is 0 Å². The van der Waals surface area contributed by atoms with Crippen molar-refractivity contribution in [2.24, 2.45) is 0 Å². The van der Waals surface area contributed by atoms with Crippen LogP contribution < -0.4 is 10.6 Å². The van der Waals surface area contributed by atoms with Crippen LogP contribution in [0, 0.1) is 11.3 Å². The molecule has 1 rings (SSSR count). The molecule has 0 unspecified atom stereocenters. The van der Waals surface area contributed by atoms with E-state index in [1.165, 1.54) is 16.2 Å². The molecular weight excluding hydrogens is 260 g/mol. The molecular formula is C13H20N4OS. The van der Waals surface area contributed by atoms with Gasteiger partial charge in [-0.1, -0.05) is 6.92 Å². The lowest BCUT2D eigenvalue weighted by Crippen LogP contribution is -2.23. The van der Waals surface area contributed by atoms with Crippen molar-refractivity contribution in [2.75, 3.05) is 37.8 Å². The Bertz CT molecular complexity index is 501. The Kier molecular flexibility index (Phi) is 5.19. The van der Waals surface area contributed by atoms with Crippen molar-refractivity contribution >= 4 is 27.9 Å². The van der Waals surface area contributed by atoms with E-state index < -0.39 is 0 Å². The number of hydrogen-bond donors (Lipinski definition) is 1. The van der Waals surface area contributed by atoms with E-state index in [1.54, 1.807) is 14.1 Å². The smallest absolute Gasteiger partial charge is 0.265 e. The molecule has 0 aliphatic rings. The lowest BCUT2D eigenvalue weighted by Gasteiger charge is -2.20. The van der Waals surface area contributed by atoms with Gasteiger partial charge < -0.3 is 15.5 Å². The summed E-state index contributed by atoms with van der Waals surface area (Å²) in [5.74, 6) is -0.155. The Morgan fingerprint density at radius 3 is 2.47 bits per heavy atom. The molecule has 2 N–H and O–H groups in total. The minimum atomic E-state index is -0.155. The summed E-state index contributed by atoms with van der Waals surface area (Å²) >= 11 is 1.31. The highest BCUT2D eigenvalue weighted by Crippen LogP contribution is 2.38. The summed E-state index contributed by atoms with van der Waals surface area (Å²) in [6.07, 6.45) is 0.980. The molecule has 0 bridgehead atoms.